The highest BCUT2D eigenvalue weighted by molar-refractivity contribution is 6.50. The lowest BCUT2D eigenvalue weighted by Gasteiger charge is -2.26. The molecule has 0 aromatic heterocycles. The van der Waals surface area contributed by atoms with Crippen molar-refractivity contribution in [2.45, 2.75) is 32.6 Å². The van der Waals surface area contributed by atoms with Gasteiger partial charge in [-0.15, -0.1) is 0 Å². The normalized spacial score (nSPS) is 24.4. The van der Waals surface area contributed by atoms with Gasteiger partial charge in [0.2, 0.25) is 0 Å². The SMILES string of the molecule is CCCCCC[N+]1(C)CCOC1.F[B-](F)(F)F. The van der Waals surface area contributed by atoms with Crippen LogP contribution >= 0.6 is 0 Å². The molecule has 1 aliphatic heterocycles. The zero-order chi connectivity index (χ0) is 13.4. The monoisotopic (exact) mass is 259 g/mol. The molecule has 1 unspecified atom stereocenters. The zero-order valence-corrected chi connectivity index (χ0v) is 10.6. The topological polar surface area (TPSA) is 9.23 Å². The average Bonchev–Trinajstić information content (AvgIpc) is 2.58. The Morgan fingerprint density at radius 2 is 1.71 bits per heavy atom. The van der Waals surface area contributed by atoms with E-state index in [2.05, 4.69) is 14.0 Å². The molecule has 1 heterocycles. The van der Waals surface area contributed by atoms with Gasteiger partial charge in [-0.3, -0.25) is 0 Å². The molecule has 1 fully saturated rings. The van der Waals surface area contributed by atoms with Crippen molar-refractivity contribution in [2.24, 2.45) is 0 Å². The summed E-state index contributed by atoms with van der Waals surface area (Å²) >= 11 is 0. The van der Waals surface area contributed by atoms with Crippen molar-refractivity contribution >= 4 is 7.25 Å². The first-order valence-electron chi connectivity index (χ1n) is 6.05. The molecule has 1 rings (SSSR count). The Balaban J connectivity index is 0.000000437. The van der Waals surface area contributed by atoms with E-state index in [4.69, 9.17) is 4.74 Å². The molecule has 104 valence electrons. The molecule has 0 aromatic carbocycles. The van der Waals surface area contributed by atoms with Crippen molar-refractivity contribution in [3.8, 4) is 0 Å². The van der Waals surface area contributed by atoms with E-state index in [0.717, 1.165) is 17.8 Å². The lowest BCUT2D eigenvalue weighted by atomic mass is 10.2. The van der Waals surface area contributed by atoms with Gasteiger partial charge in [0.25, 0.3) is 0 Å². The minimum Gasteiger partial charge on any atom is -0.418 e. The van der Waals surface area contributed by atoms with Crippen LogP contribution in [0.1, 0.15) is 32.6 Å². The molecule has 0 saturated carbocycles. The molecule has 2 nitrogen and oxygen atoms in total. The molecule has 7 heteroatoms. The molecular formula is C10H22BF4NO. The highest BCUT2D eigenvalue weighted by atomic mass is 19.5. The Bertz CT molecular complexity index is 189. The van der Waals surface area contributed by atoms with Crippen LogP contribution in [0.25, 0.3) is 0 Å². The average molecular weight is 259 g/mol. The number of nitrogens with zero attached hydrogens (tertiary/aromatic N) is 1. The predicted molar refractivity (Wildman–Crippen MR) is 61.1 cm³/mol. The standard InChI is InChI=1S/C10H22NO.BF4/c1-3-4-5-6-7-11(2)8-9-12-10-11;2-1(3,4)5/h3-10H2,1-2H3;/q+1;-1. The second-order valence-corrected chi connectivity index (χ2v) is 4.66. The Hall–Kier alpha value is -0.295. The van der Waals surface area contributed by atoms with Crippen molar-refractivity contribution in [3.63, 3.8) is 0 Å². The summed E-state index contributed by atoms with van der Waals surface area (Å²) in [7, 11) is -3.70. The summed E-state index contributed by atoms with van der Waals surface area (Å²) in [5.74, 6) is 0. The van der Waals surface area contributed by atoms with Crippen LogP contribution in [-0.4, -0.2) is 45.2 Å². The summed E-state index contributed by atoms with van der Waals surface area (Å²) < 4.78 is 45.5. The van der Waals surface area contributed by atoms with E-state index in [1.165, 1.54) is 38.8 Å². The molecule has 0 aromatic rings. The summed E-state index contributed by atoms with van der Waals surface area (Å²) in [4.78, 5) is 0. The fraction of sp³-hybridized carbons (Fsp3) is 1.00. The van der Waals surface area contributed by atoms with Gasteiger partial charge in [-0.2, -0.15) is 0 Å². The first-order valence-corrected chi connectivity index (χ1v) is 6.05. The van der Waals surface area contributed by atoms with E-state index in [1.54, 1.807) is 0 Å². The van der Waals surface area contributed by atoms with E-state index >= 15 is 0 Å². The maximum Gasteiger partial charge on any atom is 0.673 e. The van der Waals surface area contributed by atoms with Crippen molar-refractivity contribution < 1.29 is 26.5 Å². The van der Waals surface area contributed by atoms with E-state index in [9.17, 15) is 17.3 Å². The highest BCUT2D eigenvalue weighted by Crippen LogP contribution is 2.12. The molecular weight excluding hydrogens is 237 g/mol. The number of ether oxygens (including phenoxy) is 1. The predicted octanol–water partition coefficient (Wildman–Crippen LogP) is 3.30. The third kappa shape index (κ3) is 12.0. The summed E-state index contributed by atoms with van der Waals surface area (Å²) in [6.45, 7) is 6.68. The van der Waals surface area contributed by atoms with E-state index < -0.39 is 7.25 Å². The highest BCUT2D eigenvalue weighted by Gasteiger charge is 2.26. The number of hydrogen-bond acceptors (Lipinski definition) is 1. The van der Waals surface area contributed by atoms with Crippen molar-refractivity contribution in [1.82, 2.24) is 0 Å². The van der Waals surface area contributed by atoms with Gasteiger partial charge in [-0.25, -0.2) is 0 Å². The third-order valence-corrected chi connectivity index (χ3v) is 2.73. The van der Waals surface area contributed by atoms with Crippen LogP contribution < -0.4 is 0 Å². The van der Waals surface area contributed by atoms with E-state index in [1.807, 2.05) is 0 Å². The molecule has 1 saturated heterocycles. The number of quaternary nitrogens is 1. The molecule has 0 aliphatic carbocycles. The van der Waals surface area contributed by atoms with Crippen LogP contribution in [-0.2, 0) is 4.74 Å². The van der Waals surface area contributed by atoms with Crippen molar-refractivity contribution in [3.05, 3.63) is 0 Å². The summed E-state index contributed by atoms with van der Waals surface area (Å²) in [5, 5.41) is 0. The van der Waals surface area contributed by atoms with Crippen LogP contribution in [0.15, 0.2) is 0 Å². The van der Waals surface area contributed by atoms with Gasteiger partial charge in [0.15, 0.2) is 6.73 Å². The van der Waals surface area contributed by atoms with Crippen LogP contribution in [0, 0.1) is 0 Å². The maximum atomic E-state index is 9.75. The fourth-order valence-electron chi connectivity index (χ4n) is 1.73. The van der Waals surface area contributed by atoms with Gasteiger partial charge in [0.05, 0.1) is 13.6 Å². The molecule has 0 radical (unpaired) electrons. The summed E-state index contributed by atoms with van der Waals surface area (Å²) in [6.07, 6.45) is 5.49. The number of halogens is 4. The molecule has 17 heavy (non-hydrogen) atoms. The number of unbranched alkanes of at least 4 members (excludes halogenated alkanes) is 3. The lowest BCUT2D eigenvalue weighted by Crippen LogP contribution is -2.42. The largest absolute Gasteiger partial charge is 0.673 e. The van der Waals surface area contributed by atoms with Crippen LogP contribution in [0.3, 0.4) is 0 Å². The molecule has 0 amide bonds. The Kier molecular flexibility index (Phi) is 7.78. The van der Waals surface area contributed by atoms with Gasteiger partial charge in [-0.1, -0.05) is 19.8 Å². The minimum atomic E-state index is -6.00. The van der Waals surface area contributed by atoms with Crippen molar-refractivity contribution in [2.75, 3.05) is 33.5 Å². The Labute approximate surface area is 101 Å². The zero-order valence-electron chi connectivity index (χ0n) is 10.6. The van der Waals surface area contributed by atoms with Crippen LogP contribution in [0.2, 0.25) is 0 Å². The second-order valence-electron chi connectivity index (χ2n) is 4.66. The second kappa shape index (κ2) is 7.92. The van der Waals surface area contributed by atoms with Gasteiger partial charge >= 0.3 is 7.25 Å². The first-order chi connectivity index (χ1) is 7.77. The lowest BCUT2D eigenvalue weighted by molar-refractivity contribution is -0.906. The van der Waals surface area contributed by atoms with Gasteiger partial charge < -0.3 is 26.5 Å². The van der Waals surface area contributed by atoms with Crippen molar-refractivity contribution in [1.29, 1.82) is 0 Å². The fourth-order valence-corrected chi connectivity index (χ4v) is 1.73. The van der Waals surface area contributed by atoms with E-state index in [-0.39, 0.29) is 0 Å². The first kappa shape index (κ1) is 16.7. The molecule has 1 aliphatic rings. The summed E-state index contributed by atoms with van der Waals surface area (Å²) in [5.41, 5.74) is 0. The smallest absolute Gasteiger partial charge is 0.418 e. The maximum absolute atomic E-state index is 9.75. The molecule has 0 spiro atoms. The third-order valence-electron chi connectivity index (χ3n) is 2.73. The Morgan fingerprint density at radius 3 is 2.12 bits per heavy atom. The van der Waals surface area contributed by atoms with Crippen LogP contribution in [0.5, 0.6) is 0 Å². The molecule has 1 atom stereocenters. The Morgan fingerprint density at radius 1 is 1.12 bits per heavy atom. The van der Waals surface area contributed by atoms with Gasteiger partial charge in [-0.05, 0) is 12.8 Å². The quantitative estimate of drug-likeness (QED) is 0.318. The number of hydrogen-bond donors (Lipinski definition) is 0. The molecule has 0 bridgehead atoms. The number of rotatable bonds is 5. The van der Waals surface area contributed by atoms with Gasteiger partial charge in [0, 0.05) is 0 Å². The number of likely N-dealkylation sites (N-methyl/N-ethyl adjacent to an activating group) is 1. The van der Waals surface area contributed by atoms with Gasteiger partial charge in [0.1, 0.15) is 13.2 Å². The van der Waals surface area contributed by atoms with Crippen LogP contribution in [0.4, 0.5) is 17.3 Å². The molecule has 0 N–H and O–H groups in total. The summed E-state index contributed by atoms with van der Waals surface area (Å²) in [6, 6.07) is 0. The minimum absolute atomic E-state index is 0.937. The van der Waals surface area contributed by atoms with E-state index in [0.29, 0.717) is 0 Å².